The van der Waals surface area contributed by atoms with Crippen LogP contribution >= 0.6 is 12.2 Å². The van der Waals surface area contributed by atoms with Gasteiger partial charge in [-0.15, -0.1) is 0 Å². The lowest BCUT2D eigenvalue weighted by atomic mass is 10.2. The fourth-order valence-electron chi connectivity index (χ4n) is 2.90. The van der Waals surface area contributed by atoms with E-state index in [9.17, 15) is 10.1 Å². The Morgan fingerprint density at radius 2 is 2.00 bits per heavy atom. The van der Waals surface area contributed by atoms with Gasteiger partial charge in [-0.3, -0.25) is 15.0 Å². The molecule has 25 heavy (non-hydrogen) atoms. The average molecular weight is 361 g/mol. The molecule has 0 radical (unpaired) electrons. The molecule has 0 saturated heterocycles. The zero-order chi connectivity index (χ0) is 18.1. The highest BCUT2D eigenvalue weighted by Crippen LogP contribution is 2.36. The van der Waals surface area contributed by atoms with Crippen LogP contribution < -0.4 is 0 Å². The van der Waals surface area contributed by atoms with E-state index in [4.69, 9.17) is 12.2 Å². The highest BCUT2D eigenvalue weighted by atomic mass is 32.1. The van der Waals surface area contributed by atoms with Gasteiger partial charge < -0.3 is 4.57 Å². The number of rotatable bonds is 7. The van der Waals surface area contributed by atoms with E-state index in [0.29, 0.717) is 25.3 Å². The maximum Gasteiger partial charge on any atom is 0.269 e. The van der Waals surface area contributed by atoms with Gasteiger partial charge in [-0.1, -0.05) is 12.1 Å². The smallest absolute Gasteiger partial charge is 0.269 e. The van der Waals surface area contributed by atoms with E-state index in [1.807, 2.05) is 11.6 Å². The van der Waals surface area contributed by atoms with Gasteiger partial charge in [0, 0.05) is 30.8 Å². The number of benzene rings is 1. The molecule has 0 N–H and O–H groups in total. The first kappa shape index (κ1) is 17.8. The molecule has 7 nitrogen and oxygen atoms in total. The summed E-state index contributed by atoms with van der Waals surface area (Å²) in [5, 5.41) is 15.4. The van der Waals surface area contributed by atoms with Gasteiger partial charge in [0.15, 0.2) is 4.77 Å². The van der Waals surface area contributed by atoms with Gasteiger partial charge >= 0.3 is 0 Å². The molecular formula is C17H23N5O2S. The van der Waals surface area contributed by atoms with Crippen LogP contribution in [0.3, 0.4) is 0 Å². The zero-order valence-electron chi connectivity index (χ0n) is 14.8. The van der Waals surface area contributed by atoms with Crippen molar-refractivity contribution in [2.75, 3.05) is 0 Å². The first-order chi connectivity index (χ1) is 11.9. The second-order valence-corrected chi connectivity index (χ2v) is 7.20. The van der Waals surface area contributed by atoms with Crippen LogP contribution in [0.2, 0.25) is 0 Å². The van der Waals surface area contributed by atoms with Crippen molar-refractivity contribution in [3.8, 4) is 0 Å². The normalized spacial score (nSPS) is 14.4. The molecule has 1 aromatic carbocycles. The summed E-state index contributed by atoms with van der Waals surface area (Å²) in [7, 11) is 0. The van der Waals surface area contributed by atoms with E-state index < -0.39 is 0 Å². The summed E-state index contributed by atoms with van der Waals surface area (Å²) < 4.78 is 4.81. The Morgan fingerprint density at radius 3 is 2.52 bits per heavy atom. The lowest BCUT2D eigenvalue weighted by Crippen LogP contribution is -2.33. The van der Waals surface area contributed by atoms with E-state index in [1.165, 1.54) is 12.8 Å². The minimum atomic E-state index is -0.378. The summed E-state index contributed by atoms with van der Waals surface area (Å²) in [5.74, 6) is 0.964. The Bertz CT molecular complexity index is 821. The Hall–Kier alpha value is -2.06. The summed E-state index contributed by atoms with van der Waals surface area (Å²) in [6, 6.07) is 7.52. The van der Waals surface area contributed by atoms with Gasteiger partial charge in [0.25, 0.3) is 5.69 Å². The predicted octanol–water partition coefficient (Wildman–Crippen LogP) is 3.83. The number of nitro groups is 1. The van der Waals surface area contributed by atoms with Crippen LogP contribution in [0, 0.1) is 21.8 Å². The van der Waals surface area contributed by atoms with Crippen LogP contribution in [0.5, 0.6) is 0 Å². The number of aromatic nitrogens is 3. The molecule has 3 rings (SSSR count). The van der Waals surface area contributed by atoms with Gasteiger partial charge in [0.1, 0.15) is 5.82 Å². The lowest BCUT2D eigenvalue weighted by Gasteiger charge is -2.26. The number of nitro benzene ring substituents is 1. The molecule has 0 amide bonds. The average Bonchev–Trinajstić information content (AvgIpc) is 3.34. The van der Waals surface area contributed by atoms with Crippen molar-refractivity contribution in [3.05, 3.63) is 50.5 Å². The zero-order valence-corrected chi connectivity index (χ0v) is 15.6. The minimum absolute atomic E-state index is 0.112. The van der Waals surface area contributed by atoms with Crippen LogP contribution in [0.1, 0.15) is 44.1 Å². The quantitative estimate of drug-likeness (QED) is 0.426. The molecule has 1 fully saturated rings. The molecule has 134 valence electrons. The van der Waals surface area contributed by atoms with Crippen molar-refractivity contribution in [1.29, 1.82) is 0 Å². The van der Waals surface area contributed by atoms with E-state index >= 15 is 0 Å². The first-order valence-corrected chi connectivity index (χ1v) is 8.91. The molecule has 0 spiro atoms. The van der Waals surface area contributed by atoms with Crippen LogP contribution in [-0.4, -0.2) is 30.2 Å². The predicted molar refractivity (Wildman–Crippen MR) is 97.8 cm³/mol. The molecule has 0 atom stereocenters. The van der Waals surface area contributed by atoms with Crippen molar-refractivity contribution >= 4 is 17.9 Å². The summed E-state index contributed by atoms with van der Waals surface area (Å²) in [4.78, 5) is 12.7. The molecule has 1 aliphatic carbocycles. The SMILES string of the molecule is Cc1nn(CN(Cc2ccc([N+](=O)[O-])cc2)C(C)C)c(=S)n1C1CC1. The number of hydrogen-bond donors (Lipinski definition) is 0. The van der Waals surface area contributed by atoms with E-state index in [0.717, 1.165) is 16.2 Å². The fraction of sp³-hybridized carbons (Fsp3) is 0.529. The van der Waals surface area contributed by atoms with Crippen molar-refractivity contribution in [2.24, 2.45) is 0 Å². The van der Waals surface area contributed by atoms with Gasteiger partial charge in [0.2, 0.25) is 0 Å². The van der Waals surface area contributed by atoms with Gasteiger partial charge in [0.05, 0.1) is 11.6 Å². The Labute approximate surface area is 152 Å². The second-order valence-electron chi connectivity index (χ2n) is 6.84. The highest BCUT2D eigenvalue weighted by Gasteiger charge is 2.27. The van der Waals surface area contributed by atoms with Crippen molar-refractivity contribution in [3.63, 3.8) is 0 Å². The second kappa shape index (κ2) is 7.05. The summed E-state index contributed by atoms with van der Waals surface area (Å²) in [6.45, 7) is 7.54. The molecule has 0 bridgehead atoms. The van der Waals surface area contributed by atoms with E-state index in [2.05, 4.69) is 28.4 Å². The molecule has 0 unspecified atom stereocenters. The lowest BCUT2D eigenvalue weighted by molar-refractivity contribution is -0.384. The Balaban J connectivity index is 1.77. The molecule has 2 aromatic rings. The van der Waals surface area contributed by atoms with Gasteiger partial charge in [-0.05, 0) is 51.4 Å². The van der Waals surface area contributed by atoms with Crippen molar-refractivity contribution < 1.29 is 4.92 Å². The number of aryl methyl sites for hydroxylation is 1. The van der Waals surface area contributed by atoms with Gasteiger partial charge in [-0.25, -0.2) is 4.68 Å². The maximum absolute atomic E-state index is 10.8. The summed E-state index contributed by atoms with van der Waals surface area (Å²) >= 11 is 5.61. The van der Waals surface area contributed by atoms with Crippen molar-refractivity contribution in [2.45, 2.75) is 58.9 Å². The number of nitrogens with zero attached hydrogens (tertiary/aromatic N) is 5. The Kier molecular flexibility index (Phi) is 5.01. The van der Waals surface area contributed by atoms with E-state index in [-0.39, 0.29) is 10.6 Å². The molecule has 1 aliphatic rings. The molecule has 1 saturated carbocycles. The third kappa shape index (κ3) is 3.96. The molecular weight excluding hydrogens is 338 g/mol. The summed E-state index contributed by atoms with van der Waals surface area (Å²) in [5.41, 5.74) is 1.14. The standard InChI is InChI=1S/C17H23N5O2S/c1-12(2)19(10-14-4-6-16(7-5-14)22(23)24)11-20-17(25)21(13(3)18-20)15-8-9-15/h4-7,12,15H,8-11H2,1-3H3. The fourth-order valence-corrected chi connectivity index (χ4v) is 3.28. The van der Waals surface area contributed by atoms with Gasteiger partial charge in [-0.2, -0.15) is 5.10 Å². The monoisotopic (exact) mass is 361 g/mol. The molecule has 1 aromatic heterocycles. The third-order valence-corrected chi connectivity index (χ3v) is 4.94. The summed E-state index contributed by atoms with van der Waals surface area (Å²) in [6.07, 6.45) is 2.36. The highest BCUT2D eigenvalue weighted by molar-refractivity contribution is 7.71. The van der Waals surface area contributed by atoms with Crippen LogP contribution in [-0.2, 0) is 13.2 Å². The van der Waals surface area contributed by atoms with Crippen LogP contribution in [0.25, 0.3) is 0 Å². The first-order valence-electron chi connectivity index (χ1n) is 8.50. The number of hydrogen-bond acceptors (Lipinski definition) is 5. The Morgan fingerprint density at radius 1 is 1.36 bits per heavy atom. The molecule has 8 heteroatoms. The topological polar surface area (TPSA) is 69.1 Å². The van der Waals surface area contributed by atoms with Crippen LogP contribution in [0.4, 0.5) is 5.69 Å². The van der Waals surface area contributed by atoms with Crippen molar-refractivity contribution in [1.82, 2.24) is 19.2 Å². The largest absolute Gasteiger partial charge is 0.301 e. The van der Waals surface area contributed by atoms with Crippen LogP contribution in [0.15, 0.2) is 24.3 Å². The van der Waals surface area contributed by atoms with E-state index in [1.54, 1.807) is 24.3 Å². The maximum atomic E-state index is 10.8. The number of non-ortho nitro benzene ring substituents is 1. The third-order valence-electron chi connectivity index (χ3n) is 4.53. The molecule has 0 aliphatic heterocycles. The molecule has 1 heterocycles. The minimum Gasteiger partial charge on any atom is -0.301 e.